The Morgan fingerprint density at radius 2 is 2.20 bits per heavy atom. The molecule has 2 heteroatoms. The molecule has 0 aliphatic heterocycles. The lowest BCUT2D eigenvalue weighted by Crippen LogP contribution is -2.27. The van der Waals surface area contributed by atoms with Crippen LogP contribution in [-0.4, -0.2) is 10.00 Å². The van der Waals surface area contributed by atoms with Crippen molar-refractivity contribution >= 4 is 25.3 Å². The smallest absolute Gasteiger partial charge is 0.0434 e. The quantitative estimate of drug-likeness (QED) is 0.515. The Labute approximate surface area is 73.2 Å². The molecule has 2 unspecified atom stereocenters. The van der Waals surface area contributed by atoms with Gasteiger partial charge in [0, 0.05) is 10.00 Å². The Hall–Kier alpha value is 0.180. The van der Waals surface area contributed by atoms with Gasteiger partial charge in [0.25, 0.3) is 0 Å². The van der Waals surface area contributed by atoms with E-state index in [1.165, 1.54) is 5.57 Å². The van der Waals surface area contributed by atoms with Crippen LogP contribution in [0.15, 0.2) is 23.8 Å². The van der Waals surface area contributed by atoms with Gasteiger partial charge in [-0.15, -0.1) is 0 Å². The van der Waals surface area contributed by atoms with E-state index in [-0.39, 0.29) is 10.00 Å². The Bertz CT molecular complexity index is 189. The topological polar surface area (TPSA) is 0 Å². The van der Waals surface area contributed by atoms with Gasteiger partial charge in [-0.25, -0.2) is 0 Å². The second-order valence-corrected chi connectivity index (χ2v) is 4.43. The monoisotopic (exact) mass is 172 g/mol. The molecule has 0 heterocycles. The van der Waals surface area contributed by atoms with Crippen molar-refractivity contribution < 1.29 is 0 Å². The molecule has 1 rings (SSSR count). The standard InChI is InChI=1S/C8H12S2/c1-6-3-4-8(2,10)7(9)5-6/h3-5,7,9-10H,1-2H3. The molecule has 0 nitrogen and oxygen atoms in total. The minimum Gasteiger partial charge on any atom is -0.170 e. The van der Waals surface area contributed by atoms with Crippen LogP contribution in [-0.2, 0) is 0 Å². The fourth-order valence-electron chi connectivity index (χ4n) is 0.872. The van der Waals surface area contributed by atoms with Crippen LogP contribution in [0.4, 0.5) is 0 Å². The van der Waals surface area contributed by atoms with Crippen molar-refractivity contribution in [2.45, 2.75) is 23.8 Å². The summed E-state index contributed by atoms with van der Waals surface area (Å²) in [7, 11) is 0. The number of hydrogen-bond acceptors (Lipinski definition) is 2. The van der Waals surface area contributed by atoms with Crippen molar-refractivity contribution in [3.05, 3.63) is 23.8 Å². The fourth-order valence-corrected chi connectivity index (χ4v) is 1.34. The summed E-state index contributed by atoms with van der Waals surface area (Å²) < 4.78 is -0.0807. The van der Waals surface area contributed by atoms with Gasteiger partial charge >= 0.3 is 0 Å². The predicted molar refractivity (Wildman–Crippen MR) is 53.1 cm³/mol. The third kappa shape index (κ3) is 1.61. The minimum atomic E-state index is -0.0807. The zero-order valence-electron chi connectivity index (χ0n) is 6.20. The van der Waals surface area contributed by atoms with Crippen LogP contribution in [0.2, 0.25) is 0 Å². The lowest BCUT2D eigenvalue weighted by Gasteiger charge is -2.27. The summed E-state index contributed by atoms with van der Waals surface area (Å²) in [6.07, 6.45) is 6.29. The Balaban J connectivity index is 2.84. The van der Waals surface area contributed by atoms with Crippen LogP contribution < -0.4 is 0 Å². The number of hydrogen-bond donors (Lipinski definition) is 2. The van der Waals surface area contributed by atoms with Gasteiger partial charge in [-0.2, -0.15) is 25.3 Å². The van der Waals surface area contributed by atoms with Crippen molar-refractivity contribution in [3.63, 3.8) is 0 Å². The lowest BCUT2D eigenvalue weighted by atomic mass is 9.98. The third-order valence-corrected chi connectivity index (χ3v) is 3.02. The molecule has 10 heavy (non-hydrogen) atoms. The van der Waals surface area contributed by atoms with Crippen molar-refractivity contribution in [2.24, 2.45) is 0 Å². The average Bonchev–Trinajstić information content (AvgIpc) is 1.81. The minimum absolute atomic E-state index is 0.0807. The molecule has 0 radical (unpaired) electrons. The summed E-state index contributed by atoms with van der Waals surface area (Å²) in [5.41, 5.74) is 1.27. The summed E-state index contributed by atoms with van der Waals surface area (Å²) in [4.78, 5) is 0. The maximum atomic E-state index is 4.45. The first-order chi connectivity index (χ1) is 4.52. The molecule has 2 atom stereocenters. The molecule has 0 spiro atoms. The highest BCUT2D eigenvalue weighted by Crippen LogP contribution is 2.30. The zero-order chi connectivity index (χ0) is 7.78. The van der Waals surface area contributed by atoms with E-state index in [1.807, 2.05) is 0 Å². The van der Waals surface area contributed by atoms with Gasteiger partial charge in [0.1, 0.15) is 0 Å². The van der Waals surface area contributed by atoms with Gasteiger partial charge < -0.3 is 0 Å². The van der Waals surface area contributed by atoms with Crippen LogP contribution in [0, 0.1) is 0 Å². The lowest BCUT2D eigenvalue weighted by molar-refractivity contribution is 0.818. The highest BCUT2D eigenvalue weighted by molar-refractivity contribution is 7.86. The van der Waals surface area contributed by atoms with E-state index in [1.54, 1.807) is 0 Å². The van der Waals surface area contributed by atoms with E-state index in [0.717, 1.165) is 0 Å². The van der Waals surface area contributed by atoms with E-state index in [2.05, 4.69) is 57.3 Å². The molecule has 0 N–H and O–H groups in total. The van der Waals surface area contributed by atoms with E-state index < -0.39 is 0 Å². The first-order valence-corrected chi connectivity index (χ1v) is 4.27. The van der Waals surface area contributed by atoms with Crippen LogP contribution in [0.25, 0.3) is 0 Å². The average molecular weight is 172 g/mol. The summed E-state index contributed by atoms with van der Waals surface area (Å²) in [6, 6.07) is 0. The second kappa shape index (κ2) is 2.67. The van der Waals surface area contributed by atoms with Crippen molar-refractivity contribution in [3.8, 4) is 0 Å². The number of thiol groups is 2. The van der Waals surface area contributed by atoms with Crippen LogP contribution in [0.1, 0.15) is 13.8 Å². The Morgan fingerprint density at radius 3 is 2.60 bits per heavy atom. The summed E-state index contributed by atoms with van der Waals surface area (Å²) in [5, 5.41) is 0.237. The highest BCUT2D eigenvalue weighted by atomic mass is 32.1. The molecule has 0 saturated heterocycles. The predicted octanol–water partition coefficient (Wildman–Crippen LogP) is 2.49. The summed E-state index contributed by atoms with van der Waals surface area (Å²) in [5.74, 6) is 0. The maximum absolute atomic E-state index is 4.45. The summed E-state index contributed by atoms with van der Waals surface area (Å²) >= 11 is 8.84. The van der Waals surface area contributed by atoms with E-state index in [4.69, 9.17) is 0 Å². The zero-order valence-corrected chi connectivity index (χ0v) is 7.99. The number of rotatable bonds is 0. The van der Waals surface area contributed by atoms with E-state index in [0.29, 0.717) is 0 Å². The molecule has 0 saturated carbocycles. The normalized spacial score (nSPS) is 39.6. The molecule has 0 fully saturated rings. The largest absolute Gasteiger partial charge is 0.170 e. The fraction of sp³-hybridized carbons (Fsp3) is 0.500. The first-order valence-electron chi connectivity index (χ1n) is 3.30. The molecule has 1 aliphatic rings. The van der Waals surface area contributed by atoms with Gasteiger partial charge in [-0.3, -0.25) is 0 Å². The molecule has 56 valence electrons. The molecule has 0 bridgehead atoms. The van der Waals surface area contributed by atoms with E-state index in [9.17, 15) is 0 Å². The molecule has 1 aliphatic carbocycles. The number of allylic oxidation sites excluding steroid dienone is 2. The Kier molecular flexibility index (Phi) is 2.21. The van der Waals surface area contributed by atoms with E-state index >= 15 is 0 Å². The van der Waals surface area contributed by atoms with Crippen molar-refractivity contribution in [1.82, 2.24) is 0 Å². The molecule has 0 aromatic carbocycles. The van der Waals surface area contributed by atoms with Gasteiger partial charge in [-0.05, 0) is 13.8 Å². The maximum Gasteiger partial charge on any atom is 0.0434 e. The molecule has 0 aromatic rings. The third-order valence-electron chi connectivity index (χ3n) is 1.70. The van der Waals surface area contributed by atoms with Crippen LogP contribution in [0.3, 0.4) is 0 Å². The van der Waals surface area contributed by atoms with Crippen molar-refractivity contribution in [2.75, 3.05) is 0 Å². The van der Waals surface area contributed by atoms with Gasteiger partial charge in [0.2, 0.25) is 0 Å². The second-order valence-electron chi connectivity index (χ2n) is 2.91. The van der Waals surface area contributed by atoms with Gasteiger partial charge in [0.15, 0.2) is 0 Å². The molecule has 0 amide bonds. The van der Waals surface area contributed by atoms with Crippen LogP contribution >= 0.6 is 25.3 Å². The van der Waals surface area contributed by atoms with Crippen LogP contribution in [0.5, 0.6) is 0 Å². The molecular weight excluding hydrogens is 160 g/mol. The first kappa shape index (κ1) is 8.28. The van der Waals surface area contributed by atoms with Gasteiger partial charge in [-0.1, -0.05) is 23.8 Å². The molecule has 0 aromatic heterocycles. The van der Waals surface area contributed by atoms with Crippen molar-refractivity contribution in [1.29, 1.82) is 0 Å². The van der Waals surface area contributed by atoms with Gasteiger partial charge in [0.05, 0.1) is 0 Å². The highest BCUT2D eigenvalue weighted by Gasteiger charge is 2.25. The SMILES string of the molecule is CC1=CC(S)C(C)(S)C=C1. The summed E-state index contributed by atoms with van der Waals surface area (Å²) in [6.45, 7) is 4.13. The Morgan fingerprint density at radius 1 is 1.60 bits per heavy atom. The molecular formula is C8H12S2.